The standard InChI is InChI=1S/C19H28FN3O.ClH/c1-22(13-16-4-2-3-5-18(16)20)19(24)14-23-10-8-17(9-11-23)21-12-15-6-7-15;/h2-5,15,17,21H,6-14H2,1H3;1H. The highest BCUT2D eigenvalue weighted by atomic mass is 35.5. The Bertz CT molecular complexity index is 559. The first-order valence-corrected chi connectivity index (χ1v) is 9.05. The van der Waals surface area contributed by atoms with Gasteiger partial charge >= 0.3 is 0 Å². The number of carbonyl (C=O) groups is 1. The molecule has 25 heavy (non-hydrogen) atoms. The van der Waals surface area contributed by atoms with E-state index in [1.165, 1.54) is 18.9 Å². The quantitative estimate of drug-likeness (QED) is 0.802. The molecule has 6 heteroatoms. The SMILES string of the molecule is CN(Cc1ccccc1F)C(=O)CN1CCC(NCC2CC2)CC1.Cl. The number of rotatable bonds is 7. The van der Waals surface area contributed by atoms with E-state index in [0.29, 0.717) is 24.7 Å². The molecule has 0 aromatic heterocycles. The van der Waals surface area contributed by atoms with Crippen LogP contribution in [0, 0.1) is 11.7 Å². The van der Waals surface area contributed by atoms with Gasteiger partial charge < -0.3 is 10.2 Å². The van der Waals surface area contributed by atoms with Crippen molar-refractivity contribution >= 4 is 18.3 Å². The lowest BCUT2D eigenvalue weighted by molar-refractivity contribution is -0.132. The maximum atomic E-state index is 13.7. The van der Waals surface area contributed by atoms with Gasteiger partial charge in [-0.15, -0.1) is 12.4 Å². The molecular formula is C19H29ClFN3O. The molecule has 4 nitrogen and oxygen atoms in total. The third kappa shape index (κ3) is 6.24. The van der Waals surface area contributed by atoms with E-state index in [-0.39, 0.29) is 24.1 Å². The number of benzene rings is 1. The molecule has 1 aromatic carbocycles. The Labute approximate surface area is 156 Å². The van der Waals surface area contributed by atoms with Crippen molar-refractivity contribution in [3.05, 3.63) is 35.6 Å². The maximum absolute atomic E-state index is 13.7. The fourth-order valence-corrected chi connectivity index (χ4v) is 3.23. The van der Waals surface area contributed by atoms with Crippen LogP contribution in [0.2, 0.25) is 0 Å². The maximum Gasteiger partial charge on any atom is 0.236 e. The number of hydrogen-bond donors (Lipinski definition) is 1. The van der Waals surface area contributed by atoms with Crippen molar-refractivity contribution < 1.29 is 9.18 Å². The topological polar surface area (TPSA) is 35.6 Å². The van der Waals surface area contributed by atoms with Gasteiger partial charge in [-0.05, 0) is 44.2 Å². The summed E-state index contributed by atoms with van der Waals surface area (Å²) in [4.78, 5) is 16.2. The number of nitrogens with one attached hydrogen (secondary N) is 1. The Kier molecular flexibility index (Phi) is 7.66. The zero-order chi connectivity index (χ0) is 16.9. The van der Waals surface area contributed by atoms with Gasteiger partial charge in [0.1, 0.15) is 5.82 Å². The third-order valence-electron chi connectivity index (χ3n) is 5.13. The van der Waals surface area contributed by atoms with E-state index >= 15 is 0 Å². The lowest BCUT2D eigenvalue weighted by Gasteiger charge is -2.33. The van der Waals surface area contributed by atoms with Crippen LogP contribution < -0.4 is 5.32 Å². The molecule has 0 unspecified atom stereocenters. The van der Waals surface area contributed by atoms with Crippen LogP contribution in [0.4, 0.5) is 4.39 Å². The number of carbonyl (C=O) groups excluding carboxylic acids is 1. The molecule has 140 valence electrons. The van der Waals surface area contributed by atoms with Gasteiger partial charge in [0.2, 0.25) is 5.91 Å². The molecule has 3 rings (SSSR count). The minimum absolute atomic E-state index is 0. The van der Waals surface area contributed by atoms with E-state index in [0.717, 1.165) is 38.4 Å². The van der Waals surface area contributed by atoms with Gasteiger partial charge in [-0.25, -0.2) is 4.39 Å². The van der Waals surface area contributed by atoms with Crippen molar-refractivity contribution in [2.45, 2.75) is 38.3 Å². The highest BCUT2D eigenvalue weighted by Crippen LogP contribution is 2.28. The summed E-state index contributed by atoms with van der Waals surface area (Å²) in [6.07, 6.45) is 4.98. The molecule has 0 spiro atoms. The molecule has 1 heterocycles. The van der Waals surface area contributed by atoms with Crippen LogP contribution in [-0.4, -0.2) is 55.0 Å². The van der Waals surface area contributed by atoms with Crippen molar-refractivity contribution in [3.8, 4) is 0 Å². The minimum Gasteiger partial charge on any atom is -0.340 e. The largest absolute Gasteiger partial charge is 0.340 e. The van der Waals surface area contributed by atoms with E-state index in [2.05, 4.69) is 10.2 Å². The van der Waals surface area contributed by atoms with E-state index in [9.17, 15) is 9.18 Å². The fraction of sp³-hybridized carbons (Fsp3) is 0.632. The Morgan fingerprint density at radius 1 is 1.24 bits per heavy atom. The summed E-state index contributed by atoms with van der Waals surface area (Å²) in [5.74, 6) is 0.721. The predicted octanol–water partition coefficient (Wildman–Crippen LogP) is 2.67. The first kappa shape index (κ1) is 20.1. The van der Waals surface area contributed by atoms with Crippen LogP contribution in [0.15, 0.2) is 24.3 Å². The second-order valence-electron chi connectivity index (χ2n) is 7.24. The number of likely N-dealkylation sites (tertiary alicyclic amines) is 1. The zero-order valence-electron chi connectivity index (χ0n) is 14.9. The number of halogens is 2. The van der Waals surface area contributed by atoms with Crippen molar-refractivity contribution in [2.24, 2.45) is 5.92 Å². The van der Waals surface area contributed by atoms with Crippen LogP contribution >= 0.6 is 12.4 Å². The second-order valence-corrected chi connectivity index (χ2v) is 7.24. The van der Waals surface area contributed by atoms with E-state index < -0.39 is 0 Å². The third-order valence-corrected chi connectivity index (χ3v) is 5.13. The molecule has 1 N–H and O–H groups in total. The molecule has 1 aliphatic heterocycles. The molecule has 1 saturated heterocycles. The molecule has 0 atom stereocenters. The monoisotopic (exact) mass is 369 g/mol. The van der Waals surface area contributed by atoms with Crippen LogP contribution in [0.1, 0.15) is 31.2 Å². The molecule has 1 aliphatic carbocycles. The van der Waals surface area contributed by atoms with Gasteiger partial charge in [0, 0.05) is 38.3 Å². The predicted molar refractivity (Wildman–Crippen MR) is 100 cm³/mol. The van der Waals surface area contributed by atoms with Crippen molar-refractivity contribution in [1.29, 1.82) is 0 Å². The first-order valence-electron chi connectivity index (χ1n) is 9.05. The molecule has 0 radical (unpaired) electrons. The van der Waals surface area contributed by atoms with Crippen LogP contribution in [0.5, 0.6) is 0 Å². The summed E-state index contributed by atoms with van der Waals surface area (Å²) in [7, 11) is 1.75. The van der Waals surface area contributed by atoms with E-state index in [4.69, 9.17) is 0 Å². The van der Waals surface area contributed by atoms with Gasteiger partial charge in [0.15, 0.2) is 0 Å². The van der Waals surface area contributed by atoms with Gasteiger partial charge in [0.05, 0.1) is 6.54 Å². The summed E-state index contributed by atoms with van der Waals surface area (Å²) in [5, 5.41) is 3.66. The molecule has 2 aliphatic rings. The number of hydrogen-bond acceptors (Lipinski definition) is 3. The molecule has 1 saturated carbocycles. The zero-order valence-corrected chi connectivity index (χ0v) is 15.7. The van der Waals surface area contributed by atoms with Crippen LogP contribution in [-0.2, 0) is 11.3 Å². The molecule has 2 fully saturated rings. The van der Waals surface area contributed by atoms with Gasteiger partial charge in [-0.3, -0.25) is 9.69 Å². The molecular weight excluding hydrogens is 341 g/mol. The Morgan fingerprint density at radius 2 is 1.92 bits per heavy atom. The van der Waals surface area contributed by atoms with E-state index in [1.807, 2.05) is 0 Å². The average molecular weight is 370 g/mol. The molecule has 1 amide bonds. The van der Waals surface area contributed by atoms with Crippen molar-refractivity contribution in [1.82, 2.24) is 15.1 Å². The molecule has 1 aromatic rings. The summed E-state index contributed by atoms with van der Waals surface area (Å²) in [5.41, 5.74) is 0.566. The summed E-state index contributed by atoms with van der Waals surface area (Å²) >= 11 is 0. The Hall–Kier alpha value is -1.17. The number of likely N-dealkylation sites (N-methyl/N-ethyl adjacent to an activating group) is 1. The minimum atomic E-state index is -0.250. The second kappa shape index (κ2) is 9.51. The normalized spacial score (nSPS) is 18.6. The average Bonchev–Trinajstić information content (AvgIpc) is 3.40. The summed E-state index contributed by atoms with van der Waals surface area (Å²) < 4.78 is 13.7. The lowest BCUT2D eigenvalue weighted by atomic mass is 10.0. The first-order chi connectivity index (χ1) is 11.6. The Balaban J connectivity index is 0.00000225. The van der Waals surface area contributed by atoms with E-state index in [1.54, 1.807) is 30.1 Å². The van der Waals surface area contributed by atoms with Crippen molar-refractivity contribution in [3.63, 3.8) is 0 Å². The van der Waals surface area contributed by atoms with Gasteiger partial charge in [0.25, 0.3) is 0 Å². The highest BCUT2D eigenvalue weighted by molar-refractivity contribution is 5.85. The van der Waals surface area contributed by atoms with Crippen LogP contribution in [0.3, 0.4) is 0 Å². The Morgan fingerprint density at radius 3 is 2.56 bits per heavy atom. The van der Waals surface area contributed by atoms with Crippen molar-refractivity contribution in [2.75, 3.05) is 33.2 Å². The highest BCUT2D eigenvalue weighted by Gasteiger charge is 2.25. The van der Waals surface area contributed by atoms with Gasteiger partial charge in [-0.2, -0.15) is 0 Å². The smallest absolute Gasteiger partial charge is 0.236 e. The number of piperidine rings is 1. The summed E-state index contributed by atoms with van der Waals surface area (Å²) in [6.45, 7) is 3.84. The number of nitrogens with zero attached hydrogens (tertiary/aromatic N) is 2. The fourth-order valence-electron chi connectivity index (χ4n) is 3.23. The van der Waals surface area contributed by atoms with Gasteiger partial charge in [-0.1, -0.05) is 18.2 Å². The number of amides is 1. The van der Waals surface area contributed by atoms with Crippen LogP contribution in [0.25, 0.3) is 0 Å². The summed E-state index contributed by atoms with van der Waals surface area (Å²) in [6, 6.07) is 7.25. The lowest BCUT2D eigenvalue weighted by Crippen LogP contribution is -2.46. The molecule has 0 bridgehead atoms.